The zero-order valence-electron chi connectivity index (χ0n) is 13.8. The van der Waals surface area contributed by atoms with E-state index in [-0.39, 0.29) is 18.1 Å². The summed E-state index contributed by atoms with van der Waals surface area (Å²) in [6.07, 6.45) is 1.12. The van der Waals surface area contributed by atoms with Gasteiger partial charge in [-0.3, -0.25) is 4.79 Å². The highest BCUT2D eigenvalue weighted by atomic mass is 35.5. The van der Waals surface area contributed by atoms with E-state index in [1.807, 2.05) is 20.8 Å². The molecule has 23 heavy (non-hydrogen) atoms. The molecule has 1 aromatic heterocycles. The molecule has 0 bridgehead atoms. The van der Waals surface area contributed by atoms with Gasteiger partial charge in [0.15, 0.2) is 0 Å². The van der Waals surface area contributed by atoms with Crippen molar-refractivity contribution in [2.24, 2.45) is 0 Å². The summed E-state index contributed by atoms with van der Waals surface area (Å²) in [7, 11) is 0. The number of carbonyl (C=O) groups is 2. The Morgan fingerprint density at radius 3 is 2.74 bits per heavy atom. The van der Waals surface area contributed by atoms with Gasteiger partial charge in [0.1, 0.15) is 10.4 Å². The summed E-state index contributed by atoms with van der Waals surface area (Å²) in [5, 5.41) is 2.65. The number of thiophene rings is 1. The van der Waals surface area contributed by atoms with E-state index >= 15 is 0 Å². The van der Waals surface area contributed by atoms with Gasteiger partial charge in [0.25, 0.3) is 0 Å². The van der Waals surface area contributed by atoms with Crippen molar-refractivity contribution in [3.05, 3.63) is 16.0 Å². The highest BCUT2D eigenvalue weighted by Gasteiger charge is 2.34. The number of nitrogens with one attached hydrogen (secondary N) is 1. The van der Waals surface area contributed by atoms with Crippen LogP contribution in [0.1, 0.15) is 54.9 Å². The number of hydrogen-bond acceptors (Lipinski definition) is 5. The third-order valence-corrected chi connectivity index (χ3v) is 5.27. The molecule has 0 aromatic carbocycles. The van der Waals surface area contributed by atoms with Gasteiger partial charge in [-0.15, -0.1) is 22.9 Å². The Hall–Kier alpha value is -1.11. The number of hydrogen-bond donors (Lipinski definition) is 1. The summed E-state index contributed by atoms with van der Waals surface area (Å²) in [5.41, 5.74) is 0.994. The monoisotopic (exact) mass is 359 g/mol. The normalized spacial score (nSPS) is 17.3. The van der Waals surface area contributed by atoms with E-state index in [1.54, 1.807) is 6.92 Å². The summed E-state index contributed by atoms with van der Waals surface area (Å²) in [6.45, 7) is 8.25. The van der Waals surface area contributed by atoms with Crippen LogP contribution in [0.25, 0.3) is 0 Å². The molecule has 2 heterocycles. The Bertz CT molecular complexity index is 611. The summed E-state index contributed by atoms with van der Waals surface area (Å²) in [4.78, 5) is 25.4. The summed E-state index contributed by atoms with van der Waals surface area (Å²) < 4.78 is 11.0. The quantitative estimate of drug-likeness (QED) is 0.642. The fourth-order valence-electron chi connectivity index (χ4n) is 2.44. The maximum Gasteiger partial charge on any atom is 0.341 e. The second-order valence-corrected chi connectivity index (χ2v) is 7.65. The van der Waals surface area contributed by atoms with E-state index < -0.39 is 11.3 Å². The molecule has 2 rings (SSSR count). The van der Waals surface area contributed by atoms with Crippen molar-refractivity contribution in [3.63, 3.8) is 0 Å². The van der Waals surface area contributed by atoms with Gasteiger partial charge in [0.2, 0.25) is 5.91 Å². The Kier molecular flexibility index (Phi) is 5.70. The van der Waals surface area contributed by atoms with Crippen molar-refractivity contribution >= 4 is 39.8 Å². The van der Waals surface area contributed by atoms with Crippen LogP contribution in [0.5, 0.6) is 0 Å². The second kappa shape index (κ2) is 7.20. The molecule has 0 spiro atoms. The third kappa shape index (κ3) is 4.05. The van der Waals surface area contributed by atoms with Crippen molar-refractivity contribution in [1.82, 2.24) is 0 Å². The highest BCUT2D eigenvalue weighted by Crippen LogP contribution is 2.41. The van der Waals surface area contributed by atoms with Crippen LogP contribution in [0.2, 0.25) is 0 Å². The molecule has 1 aliphatic rings. The van der Waals surface area contributed by atoms with Crippen molar-refractivity contribution < 1.29 is 19.1 Å². The summed E-state index contributed by atoms with van der Waals surface area (Å²) >= 11 is 7.34. The predicted octanol–water partition coefficient (Wildman–Crippen LogP) is 3.73. The van der Waals surface area contributed by atoms with E-state index in [1.165, 1.54) is 11.3 Å². The van der Waals surface area contributed by atoms with Crippen LogP contribution in [0.15, 0.2) is 0 Å². The minimum Gasteiger partial charge on any atom is -0.462 e. The smallest absolute Gasteiger partial charge is 0.341 e. The molecule has 0 aliphatic carbocycles. The van der Waals surface area contributed by atoms with Crippen LogP contribution in [0, 0.1) is 0 Å². The van der Waals surface area contributed by atoms with Crippen molar-refractivity contribution in [2.45, 2.75) is 58.1 Å². The second-order valence-electron chi connectivity index (χ2n) is 6.02. The summed E-state index contributed by atoms with van der Waals surface area (Å²) in [6, 6.07) is 0. The Labute approximate surface area is 145 Å². The minimum atomic E-state index is -0.628. The average Bonchev–Trinajstić information content (AvgIpc) is 2.82. The first kappa shape index (κ1) is 18.2. The zero-order valence-corrected chi connectivity index (χ0v) is 15.4. The molecule has 7 heteroatoms. The molecule has 1 atom stereocenters. The molecule has 1 N–H and O–H groups in total. The molecule has 1 aliphatic heterocycles. The molecule has 128 valence electrons. The van der Waals surface area contributed by atoms with Crippen LogP contribution in [-0.4, -0.2) is 29.5 Å². The van der Waals surface area contributed by atoms with Crippen LogP contribution >= 0.6 is 22.9 Å². The van der Waals surface area contributed by atoms with Gasteiger partial charge < -0.3 is 14.8 Å². The Morgan fingerprint density at radius 2 is 2.13 bits per heavy atom. The predicted molar refractivity (Wildman–Crippen MR) is 91.4 cm³/mol. The lowest BCUT2D eigenvalue weighted by atomic mass is 9.93. The van der Waals surface area contributed by atoms with Crippen LogP contribution in [-0.2, 0) is 27.3 Å². The average molecular weight is 360 g/mol. The molecule has 0 unspecified atom stereocenters. The SMILES string of the molecule is CCOC(=O)c1c(NC(=O)[C@@H](Cl)CC)sc2c1CC(C)(C)OC2. The lowest BCUT2D eigenvalue weighted by Gasteiger charge is -2.30. The number of fused-ring (bicyclic) bond motifs is 1. The molecule has 5 nitrogen and oxygen atoms in total. The highest BCUT2D eigenvalue weighted by molar-refractivity contribution is 7.17. The van der Waals surface area contributed by atoms with E-state index in [9.17, 15) is 9.59 Å². The zero-order chi connectivity index (χ0) is 17.2. The Morgan fingerprint density at radius 1 is 1.43 bits per heavy atom. The molecule has 0 saturated carbocycles. The van der Waals surface area contributed by atoms with E-state index in [4.69, 9.17) is 21.1 Å². The molecular formula is C16H22ClNO4S. The lowest BCUT2D eigenvalue weighted by Crippen LogP contribution is -2.32. The van der Waals surface area contributed by atoms with E-state index in [2.05, 4.69) is 5.32 Å². The lowest BCUT2D eigenvalue weighted by molar-refractivity contribution is -0.115. The first-order valence-corrected chi connectivity index (χ1v) is 8.95. The van der Waals surface area contributed by atoms with E-state index in [0.717, 1.165) is 10.4 Å². The fourth-order valence-corrected chi connectivity index (χ4v) is 3.61. The molecule has 1 aromatic rings. The molecular weight excluding hydrogens is 338 g/mol. The van der Waals surface area contributed by atoms with Crippen molar-refractivity contribution in [1.29, 1.82) is 0 Å². The van der Waals surface area contributed by atoms with Crippen molar-refractivity contribution in [3.8, 4) is 0 Å². The number of amides is 1. The number of halogens is 1. The maximum absolute atomic E-state index is 12.4. The number of anilines is 1. The summed E-state index contributed by atoms with van der Waals surface area (Å²) in [5.74, 6) is -0.723. The minimum absolute atomic E-state index is 0.282. The van der Waals surface area contributed by atoms with E-state index in [0.29, 0.717) is 30.0 Å². The first-order valence-electron chi connectivity index (χ1n) is 7.69. The molecule has 1 amide bonds. The number of alkyl halides is 1. The van der Waals surface area contributed by atoms with Gasteiger partial charge in [0, 0.05) is 11.3 Å². The maximum atomic E-state index is 12.4. The molecule has 0 radical (unpaired) electrons. The van der Waals surface area contributed by atoms with Crippen LogP contribution in [0.3, 0.4) is 0 Å². The number of ether oxygens (including phenoxy) is 2. The van der Waals surface area contributed by atoms with Crippen LogP contribution in [0.4, 0.5) is 5.00 Å². The van der Waals surface area contributed by atoms with Gasteiger partial charge in [-0.25, -0.2) is 4.79 Å². The molecule has 0 fully saturated rings. The molecule has 0 saturated heterocycles. The van der Waals surface area contributed by atoms with Crippen LogP contribution < -0.4 is 5.32 Å². The first-order chi connectivity index (χ1) is 10.8. The van der Waals surface area contributed by atoms with Gasteiger partial charge in [-0.2, -0.15) is 0 Å². The van der Waals surface area contributed by atoms with Crippen molar-refractivity contribution in [2.75, 3.05) is 11.9 Å². The number of esters is 1. The topological polar surface area (TPSA) is 64.6 Å². The standard InChI is InChI=1S/C16H22ClNO4S/c1-5-10(17)13(19)18-14-12(15(20)21-6-2)9-7-16(3,4)22-8-11(9)23-14/h10H,5-8H2,1-4H3,(H,18,19)/t10-/m0/s1. The van der Waals surface area contributed by atoms with Gasteiger partial charge in [0.05, 0.1) is 24.4 Å². The number of rotatable bonds is 5. The Balaban J connectivity index is 2.40. The fraction of sp³-hybridized carbons (Fsp3) is 0.625. The number of carbonyl (C=O) groups excluding carboxylic acids is 2. The van der Waals surface area contributed by atoms with Gasteiger partial charge >= 0.3 is 5.97 Å². The van der Waals surface area contributed by atoms with Gasteiger partial charge in [-0.05, 0) is 32.8 Å². The largest absolute Gasteiger partial charge is 0.462 e. The van der Waals surface area contributed by atoms with Gasteiger partial charge in [-0.1, -0.05) is 6.92 Å². The third-order valence-electron chi connectivity index (χ3n) is 3.65.